The van der Waals surface area contributed by atoms with Crippen LogP contribution in [0, 0.1) is 0 Å². The van der Waals surface area contributed by atoms with Gasteiger partial charge in [0.1, 0.15) is 5.52 Å². The third-order valence-corrected chi connectivity index (χ3v) is 3.89. The standard InChI is InChI=1S/C9H6N4S2/c10-7-6-5(1-2-11-7)15-9(13-6)8-12-3-4-14-8/h1-4H,(H2,10,11). The van der Waals surface area contributed by atoms with Crippen molar-refractivity contribution in [1.82, 2.24) is 15.0 Å². The van der Waals surface area contributed by atoms with E-state index >= 15 is 0 Å². The van der Waals surface area contributed by atoms with E-state index in [1.807, 2.05) is 11.4 Å². The molecule has 0 aliphatic rings. The zero-order valence-electron chi connectivity index (χ0n) is 7.54. The monoisotopic (exact) mass is 234 g/mol. The van der Waals surface area contributed by atoms with Crippen LogP contribution in [-0.2, 0) is 0 Å². The first-order valence-electron chi connectivity index (χ1n) is 4.25. The van der Waals surface area contributed by atoms with E-state index in [1.54, 1.807) is 35.1 Å². The lowest BCUT2D eigenvalue weighted by atomic mass is 10.4. The van der Waals surface area contributed by atoms with Gasteiger partial charge in [-0.2, -0.15) is 0 Å². The highest BCUT2D eigenvalue weighted by atomic mass is 32.1. The summed E-state index contributed by atoms with van der Waals surface area (Å²) in [5.41, 5.74) is 6.51. The van der Waals surface area contributed by atoms with Crippen LogP contribution in [0.3, 0.4) is 0 Å². The lowest BCUT2D eigenvalue weighted by molar-refractivity contribution is 1.33. The third kappa shape index (κ3) is 1.38. The summed E-state index contributed by atoms with van der Waals surface area (Å²) in [6.07, 6.45) is 3.47. The maximum Gasteiger partial charge on any atom is 0.153 e. The summed E-state index contributed by atoms with van der Waals surface area (Å²) in [4.78, 5) is 12.7. The summed E-state index contributed by atoms with van der Waals surface area (Å²) < 4.78 is 1.05. The summed E-state index contributed by atoms with van der Waals surface area (Å²) in [7, 11) is 0. The van der Waals surface area contributed by atoms with Crippen molar-refractivity contribution in [3.63, 3.8) is 0 Å². The van der Waals surface area contributed by atoms with E-state index in [0.717, 1.165) is 20.2 Å². The fourth-order valence-electron chi connectivity index (χ4n) is 1.30. The predicted octanol–water partition coefficient (Wildman–Crippen LogP) is 2.40. The molecule has 0 amide bonds. The van der Waals surface area contributed by atoms with Crippen LogP contribution in [0.25, 0.3) is 20.2 Å². The Balaban J connectivity index is 2.27. The molecule has 0 unspecified atom stereocenters. The van der Waals surface area contributed by atoms with E-state index in [2.05, 4.69) is 15.0 Å². The van der Waals surface area contributed by atoms with E-state index in [0.29, 0.717) is 5.82 Å². The molecule has 0 spiro atoms. The molecule has 0 radical (unpaired) electrons. The summed E-state index contributed by atoms with van der Waals surface area (Å²) in [5.74, 6) is 0.478. The van der Waals surface area contributed by atoms with Crippen LogP contribution in [0.2, 0.25) is 0 Å². The molecule has 0 aliphatic carbocycles. The van der Waals surface area contributed by atoms with Crippen molar-refractivity contribution in [2.75, 3.05) is 5.73 Å². The molecule has 6 heteroatoms. The van der Waals surface area contributed by atoms with Crippen molar-refractivity contribution in [2.45, 2.75) is 0 Å². The molecule has 0 saturated heterocycles. The van der Waals surface area contributed by atoms with E-state index < -0.39 is 0 Å². The van der Waals surface area contributed by atoms with Gasteiger partial charge in [-0.3, -0.25) is 0 Å². The largest absolute Gasteiger partial charge is 0.382 e. The molecule has 0 atom stereocenters. The molecule has 3 aromatic heterocycles. The zero-order chi connectivity index (χ0) is 10.3. The molecule has 0 aromatic carbocycles. The Labute approximate surface area is 93.4 Å². The lowest BCUT2D eigenvalue weighted by Crippen LogP contribution is -1.89. The number of hydrogen-bond acceptors (Lipinski definition) is 6. The van der Waals surface area contributed by atoms with E-state index in [9.17, 15) is 0 Å². The second kappa shape index (κ2) is 3.25. The van der Waals surface area contributed by atoms with Gasteiger partial charge in [0.2, 0.25) is 0 Å². The highest BCUT2D eigenvalue weighted by Crippen LogP contribution is 2.32. The Morgan fingerprint density at radius 3 is 2.80 bits per heavy atom. The van der Waals surface area contributed by atoms with Gasteiger partial charge >= 0.3 is 0 Å². The maximum absolute atomic E-state index is 5.74. The molecule has 3 heterocycles. The molecule has 3 rings (SSSR count). The molecule has 0 fully saturated rings. The van der Waals surface area contributed by atoms with Gasteiger partial charge in [-0.15, -0.1) is 22.7 Å². The van der Waals surface area contributed by atoms with Crippen LogP contribution in [0.1, 0.15) is 0 Å². The summed E-state index contributed by atoms with van der Waals surface area (Å²) >= 11 is 3.16. The van der Waals surface area contributed by atoms with Crippen LogP contribution in [0.4, 0.5) is 5.82 Å². The molecule has 15 heavy (non-hydrogen) atoms. The fraction of sp³-hybridized carbons (Fsp3) is 0. The summed E-state index contributed by atoms with van der Waals surface area (Å²) in [6, 6.07) is 1.92. The lowest BCUT2D eigenvalue weighted by Gasteiger charge is -1.89. The normalized spacial score (nSPS) is 10.9. The molecular weight excluding hydrogens is 228 g/mol. The zero-order valence-corrected chi connectivity index (χ0v) is 9.18. The van der Waals surface area contributed by atoms with Gasteiger partial charge in [-0.05, 0) is 6.07 Å². The number of hydrogen-bond donors (Lipinski definition) is 1. The highest BCUT2D eigenvalue weighted by molar-refractivity contribution is 7.25. The van der Waals surface area contributed by atoms with Gasteiger partial charge < -0.3 is 5.73 Å². The number of anilines is 1. The predicted molar refractivity (Wildman–Crippen MR) is 62.9 cm³/mol. The molecular formula is C9H6N4S2. The van der Waals surface area contributed by atoms with Crippen LogP contribution >= 0.6 is 22.7 Å². The minimum atomic E-state index is 0.478. The number of rotatable bonds is 1. The Kier molecular flexibility index (Phi) is 1.90. The average Bonchev–Trinajstić information content (AvgIpc) is 2.86. The maximum atomic E-state index is 5.74. The summed E-state index contributed by atoms with van der Waals surface area (Å²) in [6.45, 7) is 0. The molecule has 0 bridgehead atoms. The summed E-state index contributed by atoms with van der Waals surface area (Å²) in [5, 5.41) is 3.76. The first-order chi connectivity index (χ1) is 7.34. The average molecular weight is 234 g/mol. The topological polar surface area (TPSA) is 64.7 Å². The minimum absolute atomic E-state index is 0.478. The Bertz CT molecular complexity index is 600. The quantitative estimate of drug-likeness (QED) is 0.702. The number of fused-ring (bicyclic) bond motifs is 1. The third-order valence-electron chi connectivity index (χ3n) is 1.95. The van der Waals surface area contributed by atoms with Crippen molar-refractivity contribution in [1.29, 1.82) is 0 Å². The first-order valence-corrected chi connectivity index (χ1v) is 5.95. The Morgan fingerprint density at radius 2 is 2.07 bits per heavy atom. The number of nitrogens with two attached hydrogens (primary N) is 1. The van der Waals surface area contributed by atoms with E-state index in [-0.39, 0.29) is 0 Å². The van der Waals surface area contributed by atoms with Crippen LogP contribution < -0.4 is 5.73 Å². The van der Waals surface area contributed by atoms with Gasteiger partial charge in [0.25, 0.3) is 0 Å². The van der Waals surface area contributed by atoms with Crippen molar-refractivity contribution in [2.24, 2.45) is 0 Å². The van der Waals surface area contributed by atoms with E-state index in [4.69, 9.17) is 5.73 Å². The fourth-order valence-corrected chi connectivity index (χ4v) is 2.94. The van der Waals surface area contributed by atoms with Gasteiger partial charge in [0.05, 0.1) is 4.70 Å². The second-order valence-electron chi connectivity index (χ2n) is 2.90. The van der Waals surface area contributed by atoms with Crippen LogP contribution in [-0.4, -0.2) is 15.0 Å². The number of nitrogens with zero attached hydrogens (tertiary/aromatic N) is 3. The molecule has 4 nitrogen and oxygen atoms in total. The molecule has 0 aliphatic heterocycles. The minimum Gasteiger partial charge on any atom is -0.382 e. The number of pyridine rings is 1. The molecule has 0 saturated carbocycles. The van der Waals surface area contributed by atoms with E-state index in [1.165, 1.54) is 0 Å². The number of nitrogen functional groups attached to an aromatic ring is 1. The van der Waals surface area contributed by atoms with Crippen molar-refractivity contribution in [3.8, 4) is 10.0 Å². The SMILES string of the molecule is Nc1nccc2sc(-c3nccs3)nc12. The van der Waals surface area contributed by atoms with Gasteiger partial charge in [-0.1, -0.05) is 0 Å². The Hall–Kier alpha value is -1.53. The highest BCUT2D eigenvalue weighted by Gasteiger charge is 2.10. The number of aromatic nitrogens is 3. The van der Waals surface area contributed by atoms with Crippen LogP contribution in [0.5, 0.6) is 0 Å². The van der Waals surface area contributed by atoms with Gasteiger partial charge in [-0.25, -0.2) is 15.0 Å². The number of thiazole rings is 2. The van der Waals surface area contributed by atoms with Crippen molar-refractivity contribution >= 4 is 38.7 Å². The smallest absolute Gasteiger partial charge is 0.153 e. The second-order valence-corrected chi connectivity index (χ2v) is 4.82. The van der Waals surface area contributed by atoms with Crippen molar-refractivity contribution in [3.05, 3.63) is 23.8 Å². The molecule has 3 aromatic rings. The van der Waals surface area contributed by atoms with Crippen LogP contribution in [0.15, 0.2) is 23.8 Å². The van der Waals surface area contributed by atoms with Gasteiger partial charge in [0, 0.05) is 17.8 Å². The molecule has 74 valence electrons. The Morgan fingerprint density at radius 1 is 1.13 bits per heavy atom. The first kappa shape index (κ1) is 8.75. The van der Waals surface area contributed by atoms with Gasteiger partial charge in [0.15, 0.2) is 15.8 Å². The van der Waals surface area contributed by atoms with Crippen molar-refractivity contribution < 1.29 is 0 Å². The molecule has 2 N–H and O–H groups in total.